The van der Waals surface area contributed by atoms with Gasteiger partial charge in [-0.3, -0.25) is 4.79 Å². The van der Waals surface area contributed by atoms with Crippen molar-refractivity contribution in [2.45, 2.75) is 0 Å². The van der Waals surface area contributed by atoms with Crippen LogP contribution in [0.25, 0.3) is 0 Å². The van der Waals surface area contributed by atoms with Gasteiger partial charge in [-0.2, -0.15) is 0 Å². The second-order valence-electron chi connectivity index (χ2n) is 4.46. The molecule has 1 rings (SSSR count). The lowest BCUT2D eigenvalue weighted by molar-refractivity contribution is -0.123. The fourth-order valence-corrected chi connectivity index (χ4v) is 1.69. The van der Waals surface area contributed by atoms with Crippen LogP contribution in [0.3, 0.4) is 0 Å². The molecule has 0 fully saturated rings. The van der Waals surface area contributed by atoms with Crippen LogP contribution in [0.15, 0.2) is 36.4 Å². The molecule has 0 aliphatic heterocycles. The number of likely N-dealkylation sites (N-methyl/N-ethyl adjacent to an activating group) is 1. The summed E-state index contributed by atoms with van der Waals surface area (Å²) in [5, 5.41) is 2.56. The molecule has 0 unspecified atom stereocenters. The molecule has 1 aromatic carbocycles. The minimum atomic E-state index is -0.548. The Balaban J connectivity index is 2.11. The number of ether oxygens (including phenoxy) is 2. The molecule has 1 N–H and O–H groups in total. The van der Waals surface area contributed by atoms with E-state index in [1.807, 2.05) is 24.3 Å². The molecule has 0 atom stereocenters. The summed E-state index contributed by atoms with van der Waals surface area (Å²) in [7, 11) is 3.29. The van der Waals surface area contributed by atoms with Crippen LogP contribution < -0.4 is 10.1 Å². The Hall–Kier alpha value is -1.77. The fourth-order valence-electron chi connectivity index (χ4n) is 1.33. The van der Waals surface area contributed by atoms with Crippen LogP contribution in [0.5, 0.6) is 5.75 Å². The Labute approximate surface area is 143 Å². The summed E-state index contributed by atoms with van der Waals surface area (Å²) < 4.78 is 11.5. The first kappa shape index (κ1) is 18.3. The zero-order valence-electron chi connectivity index (χ0n) is 12.5. The van der Waals surface area contributed by atoms with Gasteiger partial charge in [0.1, 0.15) is 19.0 Å². The highest BCUT2D eigenvalue weighted by Gasteiger charge is 2.01. The fraction of sp³-hybridized carbons (Fsp3) is 0.333. The summed E-state index contributed by atoms with van der Waals surface area (Å²) in [6.07, 6.45) is 2.30. The van der Waals surface area contributed by atoms with Crippen molar-refractivity contribution in [2.24, 2.45) is 0 Å². The average Bonchev–Trinajstić information content (AvgIpc) is 2.49. The van der Waals surface area contributed by atoms with Crippen molar-refractivity contribution in [2.75, 3.05) is 33.9 Å². The zero-order valence-corrected chi connectivity index (χ0v) is 14.7. The van der Waals surface area contributed by atoms with Gasteiger partial charge in [-0.05, 0) is 52.9 Å². The van der Waals surface area contributed by atoms with Crippen molar-refractivity contribution in [3.05, 3.63) is 40.0 Å². The molecule has 120 valence electrons. The highest BCUT2D eigenvalue weighted by Crippen LogP contribution is 2.12. The molecule has 0 saturated carbocycles. The Morgan fingerprint density at radius 2 is 1.95 bits per heavy atom. The number of carbonyl (C=O) groups excluding carboxylic acids is 2. The first-order valence-corrected chi connectivity index (χ1v) is 7.73. The van der Waals surface area contributed by atoms with Gasteiger partial charge in [-0.1, -0.05) is 0 Å². The third-order valence-corrected chi connectivity index (χ3v) is 3.18. The minimum absolute atomic E-state index is 0.0450. The largest absolute Gasteiger partial charge is 0.492 e. The maximum atomic E-state index is 11.4. The molecular weight excluding hydrogens is 399 g/mol. The number of nitrogens with zero attached hydrogens (tertiary/aromatic N) is 1. The topological polar surface area (TPSA) is 67.9 Å². The van der Waals surface area contributed by atoms with Crippen LogP contribution in [0, 0.1) is 3.57 Å². The smallest absolute Gasteiger partial charge is 0.407 e. The van der Waals surface area contributed by atoms with Crippen LogP contribution in [0.2, 0.25) is 0 Å². The number of alkyl carbamates (subject to hydrolysis) is 1. The molecule has 1 aromatic rings. The van der Waals surface area contributed by atoms with Gasteiger partial charge < -0.3 is 19.7 Å². The number of halogens is 1. The number of benzene rings is 1. The monoisotopic (exact) mass is 418 g/mol. The Kier molecular flexibility index (Phi) is 8.34. The van der Waals surface area contributed by atoms with Crippen LogP contribution in [-0.2, 0) is 9.53 Å². The predicted octanol–water partition coefficient (Wildman–Crippen LogP) is 2.04. The van der Waals surface area contributed by atoms with E-state index < -0.39 is 6.09 Å². The average molecular weight is 418 g/mol. The molecule has 2 amide bonds. The summed E-state index contributed by atoms with van der Waals surface area (Å²) in [6, 6.07) is 7.62. The molecule has 0 saturated heterocycles. The number of amides is 2. The molecule has 0 aliphatic carbocycles. The van der Waals surface area contributed by atoms with Gasteiger partial charge in [0.05, 0.1) is 6.54 Å². The van der Waals surface area contributed by atoms with Crippen LogP contribution in [0.1, 0.15) is 0 Å². The van der Waals surface area contributed by atoms with Gasteiger partial charge in [-0.25, -0.2) is 4.79 Å². The maximum Gasteiger partial charge on any atom is 0.407 e. The molecule has 0 heterocycles. The molecule has 0 bridgehead atoms. The molecule has 0 aliphatic rings. The van der Waals surface area contributed by atoms with Gasteiger partial charge in [0.2, 0.25) is 5.91 Å². The van der Waals surface area contributed by atoms with Crippen molar-refractivity contribution < 1.29 is 19.1 Å². The third-order valence-electron chi connectivity index (χ3n) is 2.47. The van der Waals surface area contributed by atoms with E-state index in [1.54, 1.807) is 14.1 Å². The van der Waals surface area contributed by atoms with E-state index in [4.69, 9.17) is 9.47 Å². The van der Waals surface area contributed by atoms with E-state index in [1.165, 1.54) is 17.1 Å². The van der Waals surface area contributed by atoms with Gasteiger partial charge in [0.25, 0.3) is 0 Å². The maximum absolute atomic E-state index is 11.4. The predicted molar refractivity (Wildman–Crippen MR) is 91.8 cm³/mol. The summed E-state index contributed by atoms with van der Waals surface area (Å²) in [6.45, 7) is 0.735. The number of carbonyl (C=O) groups is 2. The van der Waals surface area contributed by atoms with E-state index >= 15 is 0 Å². The van der Waals surface area contributed by atoms with Crippen LogP contribution >= 0.6 is 22.6 Å². The Morgan fingerprint density at radius 1 is 1.27 bits per heavy atom. The second kappa shape index (κ2) is 10.0. The molecular formula is C15H19IN2O4. The quantitative estimate of drug-likeness (QED) is 0.418. The van der Waals surface area contributed by atoms with Crippen LogP contribution in [-0.4, -0.2) is 50.8 Å². The van der Waals surface area contributed by atoms with Gasteiger partial charge in [0, 0.05) is 23.7 Å². The molecule has 22 heavy (non-hydrogen) atoms. The summed E-state index contributed by atoms with van der Waals surface area (Å²) in [5.41, 5.74) is 0. The zero-order chi connectivity index (χ0) is 16.4. The summed E-state index contributed by atoms with van der Waals surface area (Å²) in [5.74, 6) is 0.593. The van der Waals surface area contributed by atoms with Crippen molar-refractivity contribution >= 4 is 34.6 Å². The third kappa shape index (κ3) is 7.87. The molecule has 6 nitrogen and oxygen atoms in total. The number of nitrogens with one attached hydrogen (secondary N) is 1. The molecule has 7 heteroatoms. The Morgan fingerprint density at radius 3 is 2.59 bits per heavy atom. The highest BCUT2D eigenvalue weighted by molar-refractivity contribution is 14.1. The SMILES string of the molecule is CN(C)C(=O)/C=C/COC(=O)NCCOc1ccc(I)cc1. The van der Waals surface area contributed by atoms with Crippen LogP contribution in [0.4, 0.5) is 4.79 Å². The summed E-state index contributed by atoms with van der Waals surface area (Å²) >= 11 is 2.22. The first-order chi connectivity index (χ1) is 10.5. The second-order valence-corrected chi connectivity index (χ2v) is 5.71. The van der Waals surface area contributed by atoms with Gasteiger partial charge >= 0.3 is 6.09 Å². The molecule has 0 radical (unpaired) electrons. The van der Waals surface area contributed by atoms with Crippen molar-refractivity contribution in [3.63, 3.8) is 0 Å². The first-order valence-electron chi connectivity index (χ1n) is 6.66. The lowest BCUT2D eigenvalue weighted by Crippen LogP contribution is -2.28. The number of hydrogen-bond donors (Lipinski definition) is 1. The van der Waals surface area contributed by atoms with E-state index in [0.717, 1.165) is 9.32 Å². The van der Waals surface area contributed by atoms with Gasteiger partial charge in [-0.15, -0.1) is 0 Å². The normalized spacial score (nSPS) is 10.3. The van der Waals surface area contributed by atoms with E-state index in [9.17, 15) is 9.59 Å². The van der Waals surface area contributed by atoms with Crippen molar-refractivity contribution in [1.29, 1.82) is 0 Å². The number of rotatable bonds is 7. The highest BCUT2D eigenvalue weighted by atomic mass is 127. The van der Waals surface area contributed by atoms with Gasteiger partial charge in [0.15, 0.2) is 0 Å². The standard InChI is InChI=1S/C15H19IN2O4/c1-18(2)14(19)4-3-10-22-15(20)17-9-11-21-13-7-5-12(16)6-8-13/h3-8H,9-11H2,1-2H3,(H,17,20)/b4-3+. The lowest BCUT2D eigenvalue weighted by atomic mass is 10.3. The van der Waals surface area contributed by atoms with E-state index in [0.29, 0.717) is 13.2 Å². The summed E-state index contributed by atoms with van der Waals surface area (Å²) in [4.78, 5) is 24.0. The van der Waals surface area contributed by atoms with Crippen molar-refractivity contribution in [1.82, 2.24) is 10.2 Å². The molecule has 0 aromatic heterocycles. The Bertz CT molecular complexity index is 515. The molecule has 0 spiro atoms. The minimum Gasteiger partial charge on any atom is -0.492 e. The van der Waals surface area contributed by atoms with E-state index in [2.05, 4.69) is 27.9 Å². The van der Waals surface area contributed by atoms with Crippen molar-refractivity contribution in [3.8, 4) is 5.75 Å². The number of hydrogen-bond acceptors (Lipinski definition) is 4. The van der Waals surface area contributed by atoms with E-state index in [-0.39, 0.29) is 12.5 Å². The lowest BCUT2D eigenvalue weighted by Gasteiger charge is -2.08.